The van der Waals surface area contributed by atoms with Gasteiger partial charge in [-0.05, 0) is 18.2 Å². The first kappa shape index (κ1) is 13.5. The van der Waals surface area contributed by atoms with Crippen molar-refractivity contribution >= 4 is 21.9 Å². The number of carboxylic acids is 1. The van der Waals surface area contributed by atoms with Gasteiger partial charge in [-0.15, -0.1) is 5.10 Å². The van der Waals surface area contributed by atoms with E-state index in [0.29, 0.717) is 0 Å². The van der Waals surface area contributed by atoms with Crippen LogP contribution in [0.4, 0.5) is 13.2 Å². The molecule has 1 aromatic carbocycles. The summed E-state index contributed by atoms with van der Waals surface area (Å²) in [6.07, 6.45) is -3.47. The summed E-state index contributed by atoms with van der Waals surface area (Å²) in [5.41, 5.74) is -1.17. The largest absolute Gasteiger partial charge is 0.476 e. The Kier molecular flexibility index (Phi) is 3.31. The van der Waals surface area contributed by atoms with E-state index in [2.05, 4.69) is 26.2 Å². The van der Waals surface area contributed by atoms with E-state index in [1.807, 2.05) is 0 Å². The molecule has 0 saturated carbocycles. The molecule has 0 spiro atoms. The predicted octanol–water partition coefficient (Wildman–Crippen LogP) is 2.75. The van der Waals surface area contributed by atoms with Crippen LogP contribution in [0.25, 0.3) is 5.69 Å². The summed E-state index contributed by atoms with van der Waals surface area (Å²) in [6.45, 7) is 0. The number of aromatic carboxylic acids is 1. The van der Waals surface area contributed by atoms with E-state index < -0.39 is 17.7 Å². The standard InChI is InChI=1S/C10H5BrF3N3O2/c11-6-1-5(10(12,13)14)2-7(3-6)17-4-8(9(18)19)15-16-17/h1-4H,(H,18,19). The molecule has 5 nitrogen and oxygen atoms in total. The molecule has 9 heteroatoms. The van der Waals surface area contributed by atoms with Crippen molar-refractivity contribution in [1.29, 1.82) is 0 Å². The van der Waals surface area contributed by atoms with Gasteiger partial charge in [-0.2, -0.15) is 13.2 Å². The Morgan fingerprint density at radius 3 is 2.53 bits per heavy atom. The van der Waals surface area contributed by atoms with Crippen LogP contribution >= 0.6 is 15.9 Å². The van der Waals surface area contributed by atoms with E-state index in [4.69, 9.17) is 5.11 Å². The van der Waals surface area contributed by atoms with Gasteiger partial charge in [-0.25, -0.2) is 9.48 Å². The van der Waals surface area contributed by atoms with Gasteiger partial charge in [0, 0.05) is 4.47 Å². The zero-order chi connectivity index (χ0) is 14.2. The number of hydrogen-bond donors (Lipinski definition) is 1. The molecular weight excluding hydrogens is 331 g/mol. The Hall–Kier alpha value is -1.90. The summed E-state index contributed by atoms with van der Waals surface area (Å²) in [6, 6.07) is 3.14. The molecule has 0 aliphatic rings. The number of halogens is 4. The topological polar surface area (TPSA) is 68.0 Å². The quantitative estimate of drug-likeness (QED) is 0.916. The third-order valence-electron chi connectivity index (χ3n) is 2.19. The van der Waals surface area contributed by atoms with Crippen LogP contribution in [0.15, 0.2) is 28.9 Å². The normalized spacial score (nSPS) is 11.6. The molecule has 1 N–H and O–H groups in total. The highest BCUT2D eigenvalue weighted by Crippen LogP contribution is 2.32. The Morgan fingerprint density at radius 1 is 1.32 bits per heavy atom. The third-order valence-corrected chi connectivity index (χ3v) is 2.64. The summed E-state index contributed by atoms with van der Waals surface area (Å²) in [5, 5.41) is 15.5. The van der Waals surface area contributed by atoms with Crippen molar-refractivity contribution in [3.8, 4) is 5.69 Å². The lowest BCUT2D eigenvalue weighted by atomic mass is 10.2. The molecule has 0 radical (unpaired) electrons. The maximum absolute atomic E-state index is 12.6. The Morgan fingerprint density at radius 2 is 2.00 bits per heavy atom. The van der Waals surface area contributed by atoms with Gasteiger partial charge in [-0.3, -0.25) is 0 Å². The lowest BCUT2D eigenvalue weighted by molar-refractivity contribution is -0.137. The number of nitrogens with zero attached hydrogens (tertiary/aromatic N) is 3. The van der Waals surface area contributed by atoms with Crippen LogP contribution in [0, 0.1) is 0 Å². The lowest BCUT2D eigenvalue weighted by Gasteiger charge is -2.09. The van der Waals surface area contributed by atoms with Gasteiger partial charge in [0.1, 0.15) is 0 Å². The molecule has 0 aliphatic heterocycles. The number of carbonyl (C=O) groups is 1. The van der Waals surface area contributed by atoms with Crippen molar-refractivity contribution in [2.24, 2.45) is 0 Å². The van der Waals surface area contributed by atoms with Crippen molar-refractivity contribution in [3.05, 3.63) is 40.1 Å². The van der Waals surface area contributed by atoms with Crippen LogP contribution in [0.1, 0.15) is 16.1 Å². The minimum Gasteiger partial charge on any atom is -0.476 e. The van der Waals surface area contributed by atoms with Crippen LogP contribution in [0.2, 0.25) is 0 Å². The molecule has 2 aromatic rings. The highest BCUT2D eigenvalue weighted by molar-refractivity contribution is 9.10. The smallest absolute Gasteiger partial charge is 0.416 e. The number of rotatable bonds is 2. The summed E-state index contributed by atoms with van der Waals surface area (Å²) >= 11 is 2.96. The van der Waals surface area contributed by atoms with Crippen LogP contribution in [-0.2, 0) is 6.18 Å². The van der Waals surface area contributed by atoms with Crippen LogP contribution in [0.5, 0.6) is 0 Å². The highest BCUT2D eigenvalue weighted by atomic mass is 79.9. The molecule has 0 amide bonds. The van der Waals surface area contributed by atoms with Crippen LogP contribution in [-0.4, -0.2) is 26.1 Å². The number of aromatic nitrogens is 3. The molecule has 0 aliphatic carbocycles. The van der Waals surface area contributed by atoms with Crippen molar-refractivity contribution in [2.45, 2.75) is 6.18 Å². The highest BCUT2D eigenvalue weighted by Gasteiger charge is 2.31. The molecule has 1 heterocycles. The minimum atomic E-state index is -4.51. The fourth-order valence-corrected chi connectivity index (χ4v) is 1.84. The second-order valence-corrected chi connectivity index (χ2v) is 4.47. The fraction of sp³-hybridized carbons (Fsp3) is 0.100. The van der Waals surface area contributed by atoms with Crippen LogP contribution < -0.4 is 0 Å². The third kappa shape index (κ3) is 2.92. The van der Waals surface area contributed by atoms with Gasteiger partial charge in [0.05, 0.1) is 17.4 Å². The van der Waals surface area contributed by atoms with Crippen molar-refractivity contribution in [1.82, 2.24) is 15.0 Å². The van der Waals surface area contributed by atoms with E-state index in [0.717, 1.165) is 23.0 Å². The first-order valence-electron chi connectivity index (χ1n) is 4.81. The van der Waals surface area contributed by atoms with Crippen molar-refractivity contribution in [3.63, 3.8) is 0 Å². The Balaban J connectivity index is 2.50. The van der Waals surface area contributed by atoms with E-state index in [1.165, 1.54) is 6.07 Å². The van der Waals surface area contributed by atoms with Gasteiger partial charge in [0.15, 0.2) is 5.69 Å². The molecular formula is C10H5BrF3N3O2. The lowest BCUT2D eigenvalue weighted by Crippen LogP contribution is -2.06. The molecule has 0 unspecified atom stereocenters. The van der Waals surface area contributed by atoms with Crippen molar-refractivity contribution in [2.75, 3.05) is 0 Å². The second-order valence-electron chi connectivity index (χ2n) is 3.55. The first-order valence-corrected chi connectivity index (χ1v) is 5.60. The van der Waals surface area contributed by atoms with E-state index in [-0.39, 0.29) is 15.9 Å². The molecule has 0 bridgehead atoms. The molecule has 0 saturated heterocycles. The summed E-state index contributed by atoms with van der Waals surface area (Å²) < 4.78 is 39.1. The molecule has 19 heavy (non-hydrogen) atoms. The fourth-order valence-electron chi connectivity index (χ4n) is 1.36. The SMILES string of the molecule is O=C(O)c1cn(-c2cc(Br)cc(C(F)(F)F)c2)nn1. The Labute approximate surface area is 112 Å². The summed E-state index contributed by atoms with van der Waals surface area (Å²) in [7, 11) is 0. The van der Waals surface area contributed by atoms with E-state index in [9.17, 15) is 18.0 Å². The van der Waals surface area contributed by atoms with Gasteiger partial charge in [0.25, 0.3) is 0 Å². The van der Waals surface area contributed by atoms with Gasteiger partial charge in [-0.1, -0.05) is 21.1 Å². The monoisotopic (exact) mass is 335 g/mol. The summed E-state index contributed by atoms with van der Waals surface area (Å²) in [4.78, 5) is 10.6. The first-order chi connectivity index (χ1) is 8.77. The maximum atomic E-state index is 12.6. The van der Waals surface area contributed by atoms with E-state index in [1.54, 1.807) is 0 Å². The van der Waals surface area contributed by atoms with Gasteiger partial charge in [0.2, 0.25) is 0 Å². The Bertz CT molecular complexity index is 639. The molecule has 2 rings (SSSR count). The average molecular weight is 336 g/mol. The molecule has 1 aromatic heterocycles. The maximum Gasteiger partial charge on any atom is 0.416 e. The minimum absolute atomic E-state index is 0.0571. The van der Waals surface area contributed by atoms with Gasteiger partial charge < -0.3 is 5.11 Å². The number of carboxylic acid groups (broad SMARTS) is 1. The zero-order valence-electron chi connectivity index (χ0n) is 9.02. The number of alkyl halides is 3. The van der Waals surface area contributed by atoms with Gasteiger partial charge >= 0.3 is 12.1 Å². The second kappa shape index (κ2) is 4.65. The number of benzene rings is 1. The average Bonchev–Trinajstić information content (AvgIpc) is 2.76. The van der Waals surface area contributed by atoms with Crippen molar-refractivity contribution < 1.29 is 23.1 Å². The molecule has 0 fully saturated rings. The number of hydrogen-bond acceptors (Lipinski definition) is 3. The summed E-state index contributed by atoms with van der Waals surface area (Å²) in [5.74, 6) is -1.31. The van der Waals surface area contributed by atoms with E-state index >= 15 is 0 Å². The molecule has 0 atom stereocenters. The van der Waals surface area contributed by atoms with Crippen LogP contribution in [0.3, 0.4) is 0 Å². The zero-order valence-corrected chi connectivity index (χ0v) is 10.6. The predicted molar refractivity (Wildman–Crippen MR) is 61.0 cm³/mol. The molecule has 100 valence electrons.